The maximum absolute atomic E-state index is 12.6. The second-order valence-corrected chi connectivity index (χ2v) is 7.69. The highest BCUT2D eigenvalue weighted by atomic mass is 32.2. The van der Waals surface area contributed by atoms with Crippen molar-refractivity contribution in [3.8, 4) is 0 Å². The SMILES string of the molecule is COC(=O)CCN(C)S(=O)(=O)N1C[C@@H](N)[C@H](c2ccccc2)C1. The number of esters is 1. The lowest BCUT2D eigenvalue weighted by Gasteiger charge is -2.23. The van der Waals surface area contributed by atoms with Gasteiger partial charge in [-0.15, -0.1) is 0 Å². The predicted molar refractivity (Wildman–Crippen MR) is 86.9 cm³/mol. The quantitative estimate of drug-likeness (QED) is 0.744. The van der Waals surface area contributed by atoms with Gasteiger partial charge in [0.15, 0.2) is 0 Å². The Labute approximate surface area is 137 Å². The van der Waals surface area contributed by atoms with E-state index >= 15 is 0 Å². The van der Waals surface area contributed by atoms with E-state index < -0.39 is 16.2 Å². The molecule has 1 heterocycles. The van der Waals surface area contributed by atoms with E-state index in [1.54, 1.807) is 0 Å². The van der Waals surface area contributed by atoms with Crippen LogP contribution in [-0.4, -0.2) is 62.8 Å². The first-order valence-electron chi connectivity index (χ1n) is 7.45. The maximum atomic E-state index is 12.6. The molecule has 2 atom stereocenters. The smallest absolute Gasteiger partial charge is 0.306 e. The fourth-order valence-corrected chi connectivity index (χ4v) is 4.12. The summed E-state index contributed by atoms with van der Waals surface area (Å²) in [6.07, 6.45) is 0.0221. The standard InChI is InChI=1S/C15H23N3O4S/c1-17(9-8-15(19)22-2)23(20,21)18-10-13(14(16)11-18)12-6-4-3-5-7-12/h3-7,13-14H,8-11,16H2,1-2H3/t13-,14+/m0/s1. The van der Waals surface area contributed by atoms with Crippen LogP contribution in [0.3, 0.4) is 0 Å². The number of methoxy groups -OCH3 is 1. The fraction of sp³-hybridized carbons (Fsp3) is 0.533. The molecule has 1 aromatic rings. The molecule has 0 aromatic heterocycles. The van der Waals surface area contributed by atoms with Gasteiger partial charge in [-0.3, -0.25) is 4.79 Å². The van der Waals surface area contributed by atoms with E-state index in [0.29, 0.717) is 6.54 Å². The van der Waals surface area contributed by atoms with Crippen molar-refractivity contribution in [1.29, 1.82) is 0 Å². The Morgan fingerprint density at radius 1 is 1.35 bits per heavy atom. The Balaban J connectivity index is 2.05. The molecule has 1 aliphatic heterocycles. The number of carbonyl (C=O) groups excluding carboxylic acids is 1. The van der Waals surface area contributed by atoms with Gasteiger partial charge >= 0.3 is 5.97 Å². The Morgan fingerprint density at radius 3 is 2.61 bits per heavy atom. The minimum absolute atomic E-state index is 0.0221. The Bertz CT molecular complexity index is 635. The molecule has 1 aliphatic rings. The van der Waals surface area contributed by atoms with Gasteiger partial charge in [0.1, 0.15) is 0 Å². The van der Waals surface area contributed by atoms with Crippen LogP contribution in [0.25, 0.3) is 0 Å². The van der Waals surface area contributed by atoms with Crippen molar-refractivity contribution in [2.24, 2.45) is 5.73 Å². The van der Waals surface area contributed by atoms with Crippen LogP contribution in [0.15, 0.2) is 30.3 Å². The third-order valence-corrected chi connectivity index (χ3v) is 6.06. The molecule has 2 N–H and O–H groups in total. The lowest BCUT2D eigenvalue weighted by atomic mass is 9.95. The van der Waals surface area contributed by atoms with Crippen molar-refractivity contribution in [3.63, 3.8) is 0 Å². The number of nitrogens with two attached hydrogens (primary N) is 1. The summed E-state index contributed by atoms with van der Waals surface area (Å²) in [5, 5.41) is 0. The van der Waals surface area contributed by atoms with E-state index in [9.17, 15) is 13.2 Å². The molecule has 2 rings (SSSR count). The minimum atomic E-state index is -3.64. The molecule has 0 bridgehead atoms. The van der Waals surface area contributed by atoms with Crippen LogP contribution in [0.2, 0.25) is 0 Å². The van der Waals surface area contributed by atoms with Gasteiger partial charge in [-0.05, 0) is 5.56 Å². The second kappa shape index (κ2) is 7.39. The van der Waals surface area contributed by atoms with E-state index in [2.05, 4.69) is 4.74 Å². The number of hydrogen-bond donors (Lipinski definition) is 1. The van der Waals surface area contributed by atoms with E-state index in [-0.39, 0.29) is 31.5 Å². The van der Waals surface area contributed by atoms with Crippen molar-refractivity contribution >= 4 is 16.2 Å². The van der Waals surface area contributed by atoms with Crippen molar-refractivity contribution in [1.82, 2.24) is 8.61 Å². The highest BCUT2D eigenvalue weighted by Crippen LogP contribution is 2.28. The van der Waals surface area contributed by atoms with Crippen molar-refractivity contribution in [2.75, 3.05) is 33.8 Å². The summed E-state index contributed by atoms with van der Waals surface area (Å²) < 4.78 is 32.3. The van der Waals surface area contributed by atoms with Gasteiger partial charge < -0.3 is 10.5 Å². The molecule has 0 saturated carbocycles. The molecule has 8 heteroatoms. The van der Waals surface area contributed by atoms with Crippen molar-refractivity contribution in [2.45, 2.75) is 18.4 Å². The molecule has 23 heavy (non-hydrogen) atoms. The van der Waals surface area contributed by atoms with Crippen LogP contribution in [0.1, 0.15) is 17.9 Å². The van der Waals surface area contributed by atoms with Gasteiger partial charge in [-0.2, -0.15) is 17.0 Å². The van der Waals surface area contributed by atoms with Crippen molar-refractivity contribution < 1.29 is 17.9 Å². The molecule has 0 aliphatic carbocycles. The second-order valence-electron chi connectivity index (χ2n) is 5.65. The van der Waals surface area contributed by atoms with Gasteiger partial charge in [0.2, 0.25) is 0 Å². The van der Waals surface area contributed by atoms with Gasteiger partial charge in [-0.1, -0.05) is 30.3 Å². The minimum Gasteiger partial charge on any atom is -0.469 e. The largest absolute Gasteiger partial charge is 0.469 e. The molecular formula is C15H23N3O4S. The molecular weight excluding hydrogens is 318 g/mol. The topological polar surface area (TPSA) is 92.9 Å². The zero-order valence-corrected chi connectivity index (χ0v) is 14.2. The molecule has 1 fully saturated rings. The molecule has 0 unspecified atom stereocenters. The maximum Gasteiger partial charge on any atom is 0.306 e. The van der Waals surface area contributed by atoms with Crippen molar-refractivity contribution in [3.05, 3.63) is 35.9 Å². The van der Waals surface area contributed by atoms with E-state index in [0.717, 1.165) is 5.56 Å². The summed E-state index contributed by atoms with van der Waals surface area (Å²) in [5.41, 5.74) is 7.18. The Kier molecular flexibility index (Phi) is 5.74. The highest BCUT2D eigenvalue weighted by molar-refractivity contribution is 7.86. The first-order valence-corrected chi connectivity index (χ1v) is 8.84. The van der Waals surface area contributed by atoms with Crippen LogP contribution in [0.5, 0.6) is 0 Å². The average molecular weight is 341 g/mol. The summed E-state index contributed by atoms with van der Waals surface area (Å²) in [6, 6.07) is 9.42. The highest BCUT2D eigenvalue weighted by Gasteiger charge is 2.39. The van der Waals surface area contributed by atoms with Crippen LogP contribution in [-0.2, 0) is 19.7 Å². The van der Waals surface area contributed by atoms with E-state index in [1.165, 1.54) is 22.8 Å². The van der Waals surface area contributed by atoms with E-state index in [1.807, 2.05) is 30.3 Å². The lowest BCUT2D eigenvalue weighted by molar-refractivity contribution is -0.140. The molecule has 0 spiro atoms. The van der Waals surface area contributed by atoms with Gasteiger partial charge in [0.25, 0.3) is 10.2 Å². The fourth-order valence-electron chi connectivity index (χ4n) is 2.70. The molecule has 1 saturated heterocycles. The average Bonchev–Trinajstić information content (AvgIpc) is 2.95. The predicted octanol–water partition coefficient (Wildman–Crippen LogP) is 0.153. The third-order valence-electron chi connectivity index (χ3n) is 4.14. The Morgan fingerprint density at radius 2 is 2.00 bits per heavy atom. The van der Waals surface area contributed by atoms with Crippen LogP contribution < -0.4 is 5.73 Å². The van der Waals surface area contributed by atoms with Gasteiger partial charge in [0.05, 0.1) is 13.5 Å². The zero-order valence-electron chi connectivity index (χ0n) is 13.4. The summed E-state index contributed by atoms with van der Waals surface area (Å²) in [4.78, 5) is 11.2. The van der Waals surface area contributed by atoms with E-state index in [4.69, 9.17) is 5.73 Å². The molecule has 7 nitrogen and oxygen atoms in total. The molecule has 128 valence electrons. The summed E-state index contributed by atoms with van der Waals surface area (Å²) in [7, 11) is -0.901. The number of rotatable bonds is 6. The summed E-state index contributed by atoms with van der Waals surface area (Å²) >= 11 is 0. The lowest BCUT2D eigenvalue weighted by Crippen LogP contribution is -2.42. The summed E-state index contributed by atoms with van der Waals surface area (Å²) in [5.74, 6) is -0.465. The number of hydrogen-bond acceptors (Lipinski definition) is 5. The first-order chi connectivity index (χ1) is 10.9. The van der Waals surface area contributed by atoms with Crippen LogP contribution in [0.4, 0.5) is 0 Å². The molecule has 1 aromatic carbocycles. The zero-order chi connectivity index (χ0) is 17.0. The number of carbonyl (C=O) groups is 1. The summed E-state index contributed by atoms with van der Waals surface area (Å²) in [6.45, 7) is 0.692. The number of nitrogens with zero attached hydrogens (tertiary/aromatic N) is 2. The van der Waals surface area contributed by atoms with Gasteiger partial charge in [-0.25, -0.2) is 0 Å². The normalized spacial score (nSPS) is 22.4. The molecule has 0 radical (unpaired) electrons. The Hall–Kier alpha value is -1.48. The van der Waals surface area contributed by atoms with Crippen LogP contribution in [0, 0.1) is 0 Å². The first kappa shape index (κ1) is 17.9. The molecule has 0 amide bonds. The monoisotopic (exact) mass is 341 g/mol. The van der Waals surface area contributed by atoms with Gasteiger partial charge in [0, 0.05) is 38.6 Å². The van der Waals surface area contributed by atoms with Crippen LogP contribution >= 0.6 is 0 Å². The number of ether oxygens (including phenoxy) is 1. The third kappa shape index (κ3) is 4.08. The number of benzene rings is 1.